The van der Waals surface area contributed by atoms with Gasteiger partial charge < -0.3 is 5.73 Å². The first-order valence-electron chi connectivity index (χ1n) is 6.76. The minimum absolute atomic E-state index is 0.0285. The Morgan fingerprint density at radius 2 is 1.84 bits per heavy atom. The first-order chi connectivity index (χ1) is 8.98. The molecule has 1 fully saturated rings. The Kier molecular flexibility index (Phi) is 4.60. The van der Waals surface area contributed by atoms with Crippen molar-refractivity contribution >= 4 is 10.0 Å². The van der Waals surface area contributed by atoms with Gasteiger partial charge in [0.2, 0.25) is 10.0 Å². The van der Waals surface area contributed by atoms with Crippen LogP contribution in [-0.2, 0) is 22.3 Å². The highest BCUT2D eigenvalue weighted by molar-refractivity contribution is 7.88. The highest BCUT2D eigenvalue weighted by Crippen LogP contribution is 2.33. The van der Waals surface area contributed by atoms with Gasteiger partial charge in [0.25, 0.3) is 0 Å². The van der Waals surface area contributed by atoms with Crippen LogP contribution in [0, 0.1) is 5.92 Å². The smallest absolute Gasteiger partial charge is 0.216 e. The molecule has 1 aromatic rings. The molecule has 0 radical (unpaired) electrons. The van der Waals surface area contributed by atoms with Gasteiger partial charge in [-0.25, -0.2) is 13.1 Å². The normalized spacial score (nSPS) is 17.4. The van der Waals surface area contributed by atoms with Gasteiger partial charge >= 0.3 is 0 Å². The number of hydrogen-bond acceptors (Lipinski definition) is 3. The van der Waals surface area contributed by atoms with E-state index in [-0.39, 0.29) is 11.8 Å². The maximum absolute atomic E-state index is 12.0. The standard InChI is InChI=1S/C14H22N2O2S/c1-11(8-12-2-3-12)16-19(17,18)10-14-6-4-13(9-15)5-7-14/h4-7,11-12,16H,2-3,8-10,15H2,1H3. The fraction of sp³-hybridized carbons (Fsp3) is 0.571. The van der Waals surface area contributed by atoms with Gasteiger partial charge in [0.15, 0.2) is 0 Å². The zero-order valence-electron chi connectivity index (χ0n) is 11.3. The van der Waals surface area contributed by atoms with Gasteiger partial charge in [0.05, 0.1) is 5.75 Å². The zero-order valence-corrected chi connectivity index (χ0v) is 12.1. The summed E-state index contributed by atoms with van der Waals surface area (Å²) in [6, 6.07) is 7.43. The van der Waals surface area contributed by atoms with Crippen LogP contribution in [0.15, 0.2) is 24.3 Å². The second-order valence-corrected chi connectivity index (χ2v) is 7.23. The van der Waals surface area contributed by atoms with Crippen molar-refractivity contribution in [2.45, 2.75) is 44.5 Å². The highest BCUT2D eigenvalue weighted by Gasteiger charge is 2.25. The fourth-order valence-electron chi connectivity index (χ4n) is 2.24. The third kappa shape index (κ3) is 4.93. The highest BCUT2D eigenvalue weighted by atomic mass is 32.2. The van der Waals surface area contributed by atoms with Crippen molar-refractivity contribution in [1.29, 1.82) is 0 Å². The zero-order chi connectivity index (χ0) is 13.9. The molecule has 0 spiro atoms. The van der Waals surface area contributed by atoms with Crippen LogP contribution in [0.4, 0.5) is 0 Å². The maximum Gasteiger partial charge on any atom is 0.216 e. The van der Waals surface area contributed by atoms with Crippen LogP contribution in [0.2, 0.25) is 0 Å². The molecular weight excluding hydrogens is 260 g/mol. The average molecular weight is 282 g/mol. The van der Waals surface area contributed by atoms with Gasteiger partial charge in [0.1, 0.15) is 0 Å². The largest absolute Gasteiger partial charge is 0.326 e. The molecule has 0 saturated heterocycles. The Bertz CT molecular complexity index is 507. The average Bonchev–Trinajstić information content (AvgIpc) is 3.12. The summed E-state index contributed by atoms with van der Waals surface area (Å²) in [5.74, 6) is 0.758. The van der Waals surface area contributed by atoms with Crippen molar-refractivity contribution in [2.75, 3.05) is 0 Å². The quantitative estimate of drug-likeness (QED) is 0.800. The lowest BCUT2D eigenvalue weighted by Crippen LogP contribution is -2.33. The van der Waals surface area contributed by atoms with Crippen LogP contribution in [0.1, 0.15) is 37.3 Å². The van der Waals surface area contributed by atoms with Crippen LogP contribution in [0.25, 0.3) is 0 Å². The fourth-order valence-corrected chi connectivity index (χ4v) is 3.66. The number of nitrogens with one attached hydrogen (secondary N) is 1. The molecule has 0 aliphatic heterocycles. The van der Waals surface area contributed by atoms with Gasteiger partial charge in [-0.1, -0.05) is 37.1 Å². The van der Waals surface area contributed by atoms with Gasteiger partial charge in [-0.15, -0.1) is 0 Å². The summed E-state index contributed by atoms with van der Waals surface area (Å²) in [5.41, 5.74) is 7.32. The van der Waals surface area contributed by atoms with Crippen molar-refractivity contribution < 1.29 is 8.42 Å². The van der Waals surface area contributed by atoms with Crippen LogP contribution in [-0.4, -0.2) is 14.5 Å². The second kappa shape index (κ2) is 6.03. The third-order valence-electron chi connectivity index (χ3n) is 3.38. The van der Waals surface area contributed by atoms with Crippen molar-refractivity contribution in [3.8, 4) is 0 Å². The van der Waals surface area contributed by atoms with Crippen molar-refractivity contribution in [3.05, 3.63) is 35.4 Å². The number of nitrogens with two attached hydrogens (primary N) is 1. The molecule has 1 aromatic carbocycles. The van der Waals surface area contributed by atoms with Crippen molar-refractivity contribution in [1.82, 2.24) is 4.72 Å². The van der Waals surface area contributed by atoms with Gasteiger partial charge in [0, 0.05) is 12.6 Å². The number of sulfonamides is 1. The Balaban J connectivity index is 1.91. The molecule has 0 bridgehead atoms. The van der Waals surface area contributed by atoms with E-state index in [9.17, 15) is 8.42 Å². The Morgan fingerprint density at radius 1 is 1.26 bits per heavy atom. The first kappa shape index (κ1) is 14.5. The van der Waals surface area contributed by atoms with Crippen LogP contribution in [0.3, 0.4) is 0 Å². The van der Waals surface area contributed by atoms with Gasteiger partial charge in [-0.3, -0.25) is 0 Å². The lowest BCUT2D eigenvalue weighted by atomic mass is 10.1. The summed E-state index contributed by atoms with van der Waals surface area (Å²) in [7, 11) is -3.25. The Morgan fingerprint density at radius 3 is 2.37 bits per heavy atom. The van der Waals surface area contributed by atoms with Crippen LogP contribution >= 0.6 is 0 Å². The molecule has 1 saturated carbocycles. The minimum Gasteiger partial charge on any atom is -0.326 e. The molecule has 3 N–H and O–H groups in total. The van der Waals surface area contributed by atoms with Gasteiger partial charge in [-0.05, 0) is 30.4 Å². The molecule has 1 unspecified atom stereocenters. The van der Waals surface area contributed by atoms with E-state index in [0.29, 0.717) is 6.54 Å². The summed E-state index contributed by atoms with van der Waals surface area (Å²) in [4.78, 5) is 0. The van der Waals surface area contributed by atoms with E-state index in [2.05, 4.69) is 4.72 Å². The van der Waals surface area contributed by atoms with Crippen LogP contribution in [0.5, 0.6) is 0 Å². The molecule has 5 heteroatoms. The lowest BCUT2D eigenvalue weighted by Gasteiger charge is -2.13. The molecule has 0 aromatic heterocycles. The molecule has 1 aliphatic rings. The van der Waals surface area contributed by atoms with E-state index in [1.165, 1.54) is 12.8 Å². The van der Waals surface area contributed by atoms with E-state index in [4.69, 9.17) is 5.73 Å². The van der Waals surface area contributed by atoms with Crippen LogP contribution < -0.4 is 10.5 Å². The van der Waals surface area contributed by atoms with E-state index in [1.54, 1.807) is 0 Å². The minimum atomic E-state index is -3.25. The molecule has 0 amide bonds. The molecule has 0 heterocycles. The van der Waals surface area contributed by atoms with E-state index >= 15 is 0 Å². The summed E-state index contributed by atoms with van der Waals surface area (Å²) >= 11 is 0. The van der Waals surface area contributed by atoms with E-state index in [1.807, 2.05) is 31.2 Å². The summed E-state index contributed by atoms with van der Waals surface area (Å²) < 4.78 is 26.8. The SMILES string of the molecule is CC(CC1CC1)NS(=O)(=O)Cc1ccc(CN)cc1. The molecule has 19 heavy (non-hydrogen) atoms. The molecular formula is C14H22N2O2S. The molecule has 106 valence electrons. The van der Waals surface area contributed by atoms with Gasteiger partial charge in [-0.2, -0.15) is 0 Å². The number of rotatable bonds is 7. The third-order valence-corrected chi connectivity index (χ3v) is 4.85. The first-order valence-corrected chi connectivity index (χ1v) is 8.41. The van der Waals surface area contributed by atoms with E-state index < -0.39 is 10.0 Å². The number of benzene rings is 1. The summed E-state index contributed by atoms with van der Waals surface area (Å²) in [6.07, 6.45) is 3.44. The lowest BCUT2D eigenvalue weighted by molar-refractivity contribution is 0.529. The predicted molar refractivity (Wildman–Crippen MR) is 76.9 cm³/mol. The molecule has 1 aliphatic carbocycles. The molecule has 2 rings (SSSR count). The molecule has 4 nitrogen and oxygen atoms in total. The summed E-state index contributed by atoms with van der Waals surface area (Å²) in [5, 5.41) is 0. The Hall–Kier alpha value is -0.910. The Labute approximate surface area is 115 Å². The topological polar surface area (TPSA) is 72.2 Å². The van der Waals surface area contributed by atoms with Crippen molar-refractivity contribution in [2.24, 2.45) is 11.7 Å². The molecule has 1 atom stereocenters. The van der Waals surface area contributed by atoms with E-state index in [0.717, 1.165) is 23.5 Å². The maximum atomic E-state index is 12.0. The number of hydrogen-bond donors (Lipinski definition) is 2. The van der Waals surface area contributed by atoms with Crippen molar-refractivity contribution in [3.63, 3.8) is 0 Å². The second-order valence-electron chi connectivity index (χ2n) is 5.48. The summed E-state index contributed by atoms with van der Waals surface area (Å²) in [6.45, 7) is 2.41. The predicted octanol–water partition coefficient (Wildman–Crippen LogP) is 1.75. The monoisotopic (exact) mass is 282 g/mol.